The molecule has 60 heavy (non-hydrogen) atoms. The molecule has 22 atom stereocenters. The van der Waals surface area contributed by atoms with Gasteiger partial charge in [-0.2, -0.15) is 0 Å². The summed E-state index contributed by atoms with van der Waals surface area (Å²) < 4.78 is 49.1. The number of hydrogen-bond donors (Lipinski definition) is 12. The SMILES string of the molecule is CN[C@@H]1[C@@H](O)[C@H](O[C@H]2[C@H](O)[C@@H]3O[C@H]4OC(=CC[C@@H]4N)C=N[C@H]4C[C@H](N)[C@H](O[C@H]5OC[C@](C)(O)[C@@H](NC)[C@@H]5O)[C@H](O)[C@H]4O[C@@H]4OC(=CC[C@H]4N)C=N[C@H]3C[C@H]2N)OC[C@@]1(C)O. The average molecular weight is 857 g/mol. The minimum absolute atomic E-state index is 0.140. The van der Waals surface area contributed by atoms with Crippen LogP contribution in [0.1, 0.15) is 39.5 Å². The maximum atomic E-state index is 11.9. The van der Waals surface area contributed by atoms with Crippen LogP contribution in [0.5, 0.6) is 0 Å². The lowest BCUT2D eigenvalue weighted by molar-refractivity contribution is -0.303. The highest BCUT2D eigenvalue weighted by molar-refractivity contribution is 5.77. The first-order valence-corrected chi connectivity index (χ1v) is 20.6. The van der Waals surface area contributed by atoms with Gasteiger partial charge in [0.25, 0.3) is 0 Å². The van der Waals surface area contributed by atoms with Crippen molar-refractivity contribution in [2.24, 2.45) is 32.9 Å². The first kappa shape index (κ1) is 45.7. The summed E-state index contributed by atoms with van der Waals surface area (Å²) in [5, 5.41) is 73.3. The number of aliphatic hydroxyl groups is 6. The summed E-state index contributed by atoms with van der Waals surface area (Å²) in [4.78, 5) is 9.53. The predicted octanol–water partition coefficient (Wildman–Crippen LogP) is -5.37. The van der Waals surface area contributed by atoms with Gasteiger partial charge in [-0.15, -0.1) is 0 Å². The summed E-state index contributed by atoms with van der Waals surface area (Å²) >= 11 is 0. The van der Waals surface area contributed by atoms with Gasteiger partial charge >= 0.3 is 0 Å². The lowest BCUT2D eigenvalue weighted by atomic mass is 9.83. The second-order valence-electron chi connectivity index (χ2n) is 17.4. The van der Waals surface area contributed by atoms with Crippen LogP contribution in [0.25, 0.3) is 0 Å². The summed E-state index contributed by atoms with van der Waals surface area (Å²) in [5.41, 5.74) is 23.5. The van der Waals surface area contributed by atoms with Crippen molar-refractivity contribution in [2.75, 3.05) is 27.3 Å². The zero-order chi connectivity index (χ0) is 43.3. The van der Waals surface area contributed by atoms with Crippen LogP contribution < -0.4 is 33.6 Å². The summed E-state index contributed by atoms with van der Waals surface area (Å²) in [6.45, 7) is 2.75. The third-order valence-electron chi connectivity index (χ3n) is 12.6. The predicted molar refractivity (Wildman–Crippen MR) is 211 cm³/mol. The number of fused-ring (bicyclic) bond motifs is 6. The van der Waals surface area contributed by atoms with Crippen LogP contribution in [-0.4, -0.2) is 204 Å². The molecule has 7 rings (SSSR count). The average Bonchev–Trinajstić information content (AvgIpc) is 3.19. The third kappa shape index (κ3) is 9.32. The molecular formula is C38H64N8O14. The summed E-state index contributed by atoms with van der Waals surface area (Å²) in [6.07, 6.45) is -7.30. The summed E-state index contributed by atoms with van der Waals surface area (Å²) in [5.74, 6) is 0.569. The molecule has 4 bridgehead atoms. The van der Waals surface area contributed by atoms with Crippen molar-refractivity contribution in [2.45, 2.75) is 173 Å². The molecule has 4 fully saturated rings. The Labute approximate surface area is 348 Å². The van der Waals surface area contributed by atoms with Crippen LogP contribution in [0.3, 0.4) is 0 Å². The Kier molecular flexibility index (Phi) is 14.0. The molecule has 2 saturated heterocycles. The molecule has 2 aliphatic carbocycles. The fourth-order valence-corrected chi connectivity index (χ4v) is 9.21. The van der Waals surface area contributed by atoms with Gasteiger partial charge in [0.1, 0.15) is 71.6 Å². The van der Waals surface area contributed by atoms with Crippen LogP contribution >= 0.6 is 0 Å². The van der Waals surface area contributed by atoms with Crippen molar-refractivity contribution in [3.63, 3.8) is 0 Å². The standard InChI is InChI=1S/C38H64N8O14/c1-37(51)13-53-35(25(49)31(37)43-3)57-27-19(41)9-21-29(23(27)47)59-33-17(39)7-5-16(55-33)12-46-22-10-20(42)28(58-36-26(50)32(44-4)38(2,52)14-54-36)24(48)30(22)60-34-18(40)8-6-15(56-34)11-45-21/h5-6,11-12,17-36,43-44,47-52H,7-10,13-14,39-42H2,1-4H3/t17-,18+,19+,20-,21-,22-,23-,24-,25+,26-,27+,28-,29+,30-,31+,32-,33+,34-,35-,36+,37+,38-/m0/s1. The number of ether oxygens (including phenoxy) is 8. The van der Waals surface area contributed by atoms with Crippen LogP contribution in [-0.2, 0) is 37.9 Å². The van der Waals surface area contributed by atoms with Crippen molar-refractivity contribution in [3.05, 3.63) is 23.7 Å². The number of nitrogens with two attached hydrogens (primary N) is 4. The molecule has 0 spiro atoms. The fraction of sp³-hybridized carbons (Fsp3) is 0.842. The van der Waals surface area contributed by atoms with E-state index in [-0.39, 0.29) is 37.6 Å². The number of likely N-dealkylation sites (N-methyl/N-ethyl adjacent to an activating group) is 2. The van der Waals surface area contributed by atoms with Crippen molar-refractivity contribution in [1.82, 2.24) is 10.6 Å². The maximum Gasteiger partial charge on any atom is 0.215 e. The van der Waals surface area contributed by atoms with Gasteiger partial charge in [-0.3, -0.25) is 9.98 Å². The zero-order valence-electron chi connectivity index (χ0n) is 34.3. The van der Waals surface area contributed by atoms with Crippen molar-refractivity contribution >= 4 is 12.4 Å². The van der Waals surface area contributed by atoms with E-state index in [4.69, 9.17) is 70.8 Å². The van der Waals surface area contributed by atoms with Gasteiger partial charge < -0.3 is 102 Å². The van der Waals surface area contributed by atoms with Gasteiger partial charge in [0.15, 0.2) is 12.6 Å². The topological polar surface area (TPSA) is 348 Å². The molecule has 22 heteroatoms. The fourth-order valence-electron chi connectivity index (χ4n) is 9.21. The number of rotatable bonds is 6. The van der Waals surface area contributed by atoms with E-state index in [0.717, 1.165) is 0 Å². The summed E-state index contributed by atoms with van der Waals surface area (Å²) in [6, 6.07) is -6.16. The third-order valence-corrected chi connectivity index (χ3v) is 12.6. The molecule has 0 amide bonds. The second-order valence-corrected chi connectivity index (χ2v) is 17.4. The molecule has 5 aliphatic heterocycles. The van der Waals surface area contributed by atoms with Crippen molar-refractivity contribution in [1.29, 1.82) is 0 Å². The lowest BCUT2D eigenvalue weighted by Gasteiger charge is -2.48. The minimum atomic E-state index is -1.43. The Morgan fingerprint density at radius 1 is 0.633 bits per heavy atom. The van der Waals surface area contributed by atoms with Crippen LogP contribution in [0.4, 0.5) is 0 Å². The van der Waals surface area contributed by atoms with Gasteiger partial charge in [0.2, 0.25) is 12.6 Å². The minimum Gasteiger partial charge on any atom is -0.462 e. The van der Waals surface area contributed by atoms with Crippen molar-refractivity contribution in [3.8, 4) is 0 Å². The molecule has 22 nitrogen and oxygen atoms in total. The van der Waals surface area contributed by atoms with E-state index in [0.29, 0.717) is 12.8 Å². The monoisotopic (exact) mass is 856 g/mol. The van der Waals surface area contributed by atoms with E-state index in [2.05, 4.69) is 10.6 Å². The van der Waals surface area contributed by atoms with Gasteiger partial charge in [0, 0.05) is 12.1 Å². The Morgan fingerprint density at radius 2 is 1.02 bits per heavy atom. The molecule has 340 valence electrons. The maximum absolute atomic E-state index is 11.9. The highest BCUT2D eigenvalue weighted by Crippen LogP contribution is 2.36. The number of hydrogen-bond acceptors (Lipinski definition) is 22. The number of nitrogens with one attached hydrogen (secondary N) is 2. The normalized spacial score (nSPS) is 51.2. The molecule has 0 unspecified atom stereocenters. The molecular weight excluding hydrogens is 792 g/mol. The van der Waals surface area contributed by atoms with E-state index in [9.17, 15) is 30.6 Å². The first-order chi connectivity index (χ1) is 28.4. The van der Waals surface area contributed by atoms with Crippen molar-refractivity contribution < 1.29 is 68.5 Å². The lowest BCUT2D eigenvalue weighted by Crippen LogP contribution is -2.68. The quantitative estimate of drug-likeness (QED) is 0.119. The number of aliphatic imine (C=N–C) groups is 2. The zero-order valence-corrected chi connectivity index (χ0v) is 34.3. The Bertz CT molecular complexity index is 1490. The molecule has 7 aliphatic rings. The number of allylic oxidation sites excluding steroid dienone is 2. The first-order valence-electron chi connectivity index (χ1n) is 20.6. The Morgan fingerprint density at radius 3 is 1.38 bits per heavy atom. The molecule has 0 aromatic carbocycles. The second kappa shape index (κ2) is 18.4. The van der Waals surface area contributed by atoms with Crippen LogP contribution in [0.15, 0.2) is 33.7 Å². The highest BCUT2D eigenvalue weighted by atomic mass is 16.7. The molecule has 16 N–H and O–H groups in total. The Balaban J connectivity index is 1.14. The highest BCUT2D eigenvalue weighted by Gasteiger charge is 2.53. The van der Waals surface area contributed by atoms with E-state index < -0.39 is 134 Å². The van der Waals surface area contributed by atoms with Gasteiger partial charge in [-0.25, -0.2) is 0 Å². The number of nitrogens with zero attached hydrogens (tertiary/aromatic N) is 2. The van der Waals surface area contributed by atoms with E-state index >= 15 is 0 Å². The number of aliphatic hydroxyl groups excluding tert-OH is 4. The largest absolute Gasteiger partial charge is 0.462 e. The molecule has 0 aromatic rings. The van der Waals surface area contributed by atoms with Gasteiger partial charge in [-0.1, -0.05) is 0 Å². The van der Waals surface area contributed by atoms with Crippen LogP contribution in [0, 0.1) is 0 Å². The summed E-state index contributed by atoms with van der Waals surface area (Å²) in [7, 11) is 3.20. The van der Waals surface area contributed by atoms with E-state index in [1.54, 1.807) is 26.2 Å². The molecule has 0 aromatic heterocycles. The Hall–Kier alpha value is -2.30. The van der Waals surface area contributed by atoms with Gasteiger partial charge in [-0.05, 0) is 65.8 Å². The van der Waals surface area contributed by atoms with E-state index in [1.165, 1.54) is 26.3 Å². The smallest absolute Gasteiger partial charge is 0.215 e. The van der Waals surface area contributed by atoms with E-state index in [1.807, 2.05) is 0 Å². The molecule has 2 saturated carbocycles. The van der Waals surface area contributed by atoms with Crippen LogP contribution in [0.2, 0.25) is 0 Å². The van der Waals surface area contributed by atoms with Gasteiger partial charge in [0.05, 0.1) is 61.9 Å². The molecule has 0 radical (unpaired) electrons. The molecule has 5 heterocycles.